The number of thioether (sulfide) groups is 2. The van der Waals surface area contributed by atoms with Crippen LogP contribution in [0.2, 0.25) is 0 Å². The molecule has 0 spiro atoms. The van der Waals surface area contributed by atoms with Gasteiger partial charge in [0.15, 0.2) is 5.58 Å². The highest BCUT2D eigenvalue weighted by Gasteiger charge is 2.23. The predicted molar refractivity (Wildman–Crippen MR) is 84.6 cm³/mol. The van der Waals surface area contributed by atoms with Gasteiger partial charge >= 0.3 is 0 Å². The van der Waals surface area contributed by atoms with Crippen molar-refractivity contribution in [1.82, 2.24) is 4.98 Å². The number of nitrogens with zero attached hydrogens (tertiary/aromatic N) is 1. The van der Waals surface area contributed by atoms with E-state index >= 15 is 0 Å². The third-order valence-corrected chi connectivity index (χ3v) is 5.72. The molecule has 100 valence electrons. The molecule has 0 saturated carbocycles. The lowest BCUT2D eigenvalue weighted by Crippen LogP contribution is -1.99. The summed E-state index contributed by atoms with van der Waals surface area (Å²) in [7, 11) is 0. The van der Waals surface area contributed by atoms with Gasteiger partial charge in [-0.2, -0.15) is 0 Å². The van der Waals surface area contributed by atoms with Crippen molar-refractivity contribution in [2.45, 2.75) is 16.0 Å². The molecule has 3 aromatic rings. The van der Waals surface area contributed by atoms with Gasteiger partial charge in [0.25, 0.3) is 5.22 Å². The zero-order valence-corrected chi connectivity index (χ0v) is 12.4. The summed E-state index contributed by atoms with van der Waals surface area (Å²) < 4.78 is 5.76. The first kappa shape index (κ1) is 12.4. The Bertz CT molecular complexity index is 720. The van der Waals surface area contributed by atoms with E-state index in [0.29, 0.717) is 5.92 Å². The fraction of sp³-hybridized carbons (Fsp3) is 0.188. The Kier molecular flexibility index (Phi) is 3.20. The van der Waals surface area contributed by atoms with E-state index in [-0.39, 0.29) is 0 Å². The lowest BCUT2D eigenvalue weighted by atomic mass is 10.0. The third kappa shape index (κ3) is 2.23. The van der Waals surface area contributed by atoms with Gasteiger partial charge in [-0.25, -0.2) is 4.98 Å². The molecule has 0 N–H and O–H groups in total. The molecule has 2 nitrogen and oxygen atoms in total. The Morgan fingerprint density at radius 1 is 1.15 bits per heavy atom. The first-order valence-electron chi connectivity index (χ1n) is 6.60. The molecule has 1 aromatic heterocycles. The minimum absolute atomic E-state index is 0.594. The normalized spacial score (nSPS) is 17.5. The van der Waals surface area contributed by atoms with E-state index in [9.17, 15) is 0 Å². The van der Waals surface area contributed by atoms with Gasteiger partial charge in [-0.3, -0.25) is 0 Å². The molecule has 0 saturated heterocycles. The van der Waals surface area contributed by atoms with Crippen LogP contribution < -0.4 is 0 Å². The number of benzene rings is 2. The zero-order valence-electron chi connectivity index (χ0n) is 10.8. The van der Waals surface area contributed by atoms with Crippen LogP contribution in [0.15, 0.2) is 63.1 Å². The molecule has 2 aromatic carbocycles. The predicted octanol–water partition coefficient (Wildman–Crippen LogP) is 4.81. The molecule has 0 aliphatic carbocycles. The SMILES string of the molecule is c1ccc2c(c1)SCC2CSc1nc2ccccc2o1. The molecule has 1 aliphatic rings. The highest BCUT2D eigenvalue weighted by molar-refractivity contribution is 8.00. The summed E-state index contributed by atoms with van der Waals surface area (Å²) in [5.74, 6) is 2.78. The average molecular weight is 299 g/mol. The van der Waals surface area contributed by atoms with E-state index in [4.69, 9.17) is 4.42 Å². The van der Waals surface area contributed by atoms with E-state index in [2.05, 4.69) is 29.2 Å². The number of aromatic nitrogens is 1. The molecule has 1 atom stereocenters. The van der Waals surface area contributed by atoms with Gasteiger partial charge in [0.1, 0.15) is 5.52 Å². The van der Waals surface area contributed by atoms with Crippen LogP contribution in [-0.4, -0.2) is 16.5 Å². The van der Waals surface area contributed by atoms with Gasteiger partial charge in [0.2, 0.25) is 0 Å². The Morgan fingerprint density at radius 3 is 2.95 bits per heavy atom. The monoisotopic (exact) mass is 299 g/mol. The highest BCUT2D eigenvalue weighted by Crippen LogP contribution is 2.41. The van der Waals surface area contributed by atoms with Gasteiger partial charge in [-0.15, -0.1) is 11.8 Å². The first-order chi connectivity index (χ1) is 9.90. The van der Waals surface area contributed by atoms with E-state index in [1.807, 2.05) is 36.0 Å². The maximum atomic E-state index is 5.76. The molecular weight excluding hydrogens is 286 g/mol. The van der Waals surface area contributed by atoms with Crippen LogP contribution in [-0.2, 0) is 0 Å². The number of hydrogen-bond donors (Lipinski definition) is 0. The minimum Gasteiger partial charge on any atom is -0.431 e. The van der Waals surface area contributed by atoms with Gasteiger partial charge in [-0.1, -0.05) is 42.1 Å². The summed E-state index contributed by atoms with van der Waals surface area (Å²) in [6.07, 6.45) is 0. The zero-order chi connectivity index (χ0) is 13.4. The Hall–Kier alpha value is -1.39. The van der Waals surface area contributed by atoms with Crippen LogP contribution >= 0.6 is 23.5 Å². The molecule has 2 heterocycles. The number of fused-ring (bicyclic) bond motifs is 2. The molecule has 20 heavy (non-hydrogen) atoms. The van der Waals surface area contributed by atoms with Gasteiger partial charge in [0.05, 0.1) is 0 Å². The quantitative estimate of drug-likeness (QED) is 0.648. The summed E-state index contributed by atoms with van der Waals surface area (Å²) in [4.78, 5) is 5.95. The van der Waals surface area contributed by atoms with Crippen molar-refractivity contribution in [3.8, 4) is 0 Å². The van der Waals surface area contributed by atoms with Crippen molar-refractivity contribution >= 4 is 34.6 Å². The molecule has 0 radical (unpaired) electrons. The van der Waals surface area contributed by atoms with Crippen LogP contribution in [0.25, 0.3) is 11.1 Å². The topological polar surface area (TPSA) is 26.0 Å². The van der Waals surface area contributed by atoms with Crippen molar-refractivity contribution in [1.29, 1.82) is 0 Å². The fourth-order valence-electron chi connectivity index (χ4n) is 2.45. The van der Waals surface area contributed by atoms with Crippen molar-refractivity contribution in [2.75, 3.05) is 11.5 Å². The van der Waals surface area contributed by atoms with E-state index in [1.54, 1.807) is 11.8 Å². The highest BCUT2D eigenvalue weighted by atomic mass is 32.2. The standard InChI is InChI=1S/C16H13NOS2/c1-4-8-15-12(5-1)11(9-19-15)10-20-16-17-13-6-2-3-7-14(13)18-16/h1-8,11H,9-10H2. The molecular formula is C16H13NOS2. The summed E-state index contributed by atoms with van der Waals surface area (Å²) in [6.45, 7) is 0. The van der Waals surface area contributed by atoms with E-state index < -0.39 is 0 Å². The van der Waals surface area contributed by atoms with Crippen LogP contribution in [0.4, 0.5) is 0 Å². The third-order valence-electron chi connectivity index (χ3n) is 3.48. The Morgan fingerprint density at radius 2 is 2.00 bits per heavy atom. The van der Waals surface area contributed by atoms with Gasteiger partial charge in [-0.05, 0) is 23.8 Å². The average Bonchev–Trinajstić information content (AvgIpc) is 3.08. The first-order valence-corrected chi connectivity index (χ1v) is 8.57. The second kappa shape index (κ2) is 5.19. The maximum Gasteiger partial charge on any atom is 0.256 e. The number of oxazole rings is 1. The van der Waals surface area contributed by atoms with Gasteiger partial charge in [0, 0.05) is 22.3 Å². The minimum atomic E-state index is 0.594. The second-order valence-corrected chi connectivity index (χ2v) is 6.84. The van der Waals surface area contributed by atoms with Gasteiger partial charge < -0.3 is 4.42 Å². The Labute approximate surface area is 126 Å². The van der Waals surface area contributed by atoms with Crippen molar-refractivity contribution in [3.63, 3.8) is 0 Å². The fourth-order valence-corrected chi connectivity index (χ4v) is 4.81. The second-order valence-electron chi connectivity index (χ2n) is 4.80. The largest absolute Gasteiger partial charge is 0.431 e. The molecule has 4 rings (SSSR count). The van der Waals surface area contributed by atoms with E-state index in [1.165, 1.54) is 10.5 Å². The van der Waals surface area contributed by atoms with E-state index in [0.717, 1.165) is 27.8 Å². The number of hydrogen-bond acceptors (Lipinski definition) is 4. The van der Waals surface area contributed by atoms with Crippen LogP contribution in [0.5, 0.6) is 0 Å². The molecule has 1 unspecified atom stereocenters. The summed E-state index contributed by atoms with van der Waals surface area (Å²) in [6, 6.07) is 16.6. The molecule has 0 amide bonds. The van der Waals surface area contributed by atoms with Crippen molar-refractivity contribution in [3.05, 3.63) is 54.1 Å². The van der Waals surface area contributed by atoms with Crippen LogP contribution in [0.3, 0.4) is 0 Å². The lowest BCUT2D eigenvalue weighted by Gasteiger charge is -2.07. The number of rotatable bonds is 3. The Balaban J connectivity index is 1.51. The molecule has 0 bridgehead atoms. The summed E-state index contributed by atoms with van der Waals surface area (Å²) in [5, 5.41) is 0.778. The summed E-state index contributed by atoms with van der Waals surface area (Å²) >= 11 is 3.67. The van der Waals surface area contributed by atoms with Crippen molar-refractivity contribution in [2.24, 2.45) is 0 Å². The lowest BCUT2D eigenvalue weighted by molar-refractivity contribution is 0.489. The summed E-state index contributed by atoms with van der Waals surface area (Å²) in [5.41, 5.74) is 3.29. The maximum absolute atomic E-state index is 5.76. The van der Waals surface area contributed by atoms with Crippen LogP contribution in [0, 0.1) is 0 Å². The molecule has 0 fully saturated rings. The molecule has 1 aliphatic heterocycles. The van der Waals surface area contributed by atoms with Crippen molar-refractivity contribution < 1.29 is 4.42 Å². The molecule has 4 heteroatoms. The smallest absolute Gasteiger partial charge is 0.256 e. The van der Waals surface area contributed by atoms with Crippen LogP contribution in [0.1, 0.15) is 11.5 Å². The number of para-hydroxylation sites is 2.